The summed E-state index contributed by atoms with van der Waals surface area (Å²) in [5.41, 5.74) is -0.689. The fraction of sp³-hybridized carbons (Fsp3) is 0.857. The fourth-order valence-electron chi connectivity index (χ4n) is 2.39. The van der Waals surface area contributed by atoms with Gasteiger partial charge in [-0.05, 0) is 33.6 Å². The Hall–Kier alpha value is -1.30. The first-order valence-corrected chi connectivity index (χ1v) is 7.03. The van der Waals surface area contributed by atoms with Gasteiger partial charge in [0.25, 0.3) is 0 Å². The van der Waals surface area contributed by atoms with Crippen molar-refractivity contribution in [3.8, 4) is 0 Å². The van der Waals surface area contributed by atoms with E-state index >= 15 is 0 Å². The summed E-state index contributed by atoms with van der Waals surface area (Å²) in [6, 6.07) is 0. The Morgan fingerprint density at radius 2 is 2.00 bits per heavy atom. The number of carbonyl (C=O) groups is 1. The van der Waals surface area contributed by atoms with Gasteiger partial charge in [0.1, 0.15) is 12.2 Å². The molecular weight excluding hydrogens is 260 g/mol. The Morgan fingerprint density at radius 3 is 2.45 bits per heavy atom. The second-order valence-corrected chi connectivity index (χ2v) is 6.35. The van der Waals surface area contributed by atoms with Crippen molar-refractivity contribution in [1.82, 2.24) is 4.90 Å². The largest absolute Gasteiger partial charge is 0.483 e. The normalized spacial score (nSPS) is 22.4. The zero-order chi connectivity index (χ0) is 14.8. The van der Waals surface area contributed by atoms with Crippen molar-refractivity contribution in [2.45, 2.75) is 44.8 Å². The Bertz CT molecular complexity index is 392. The second-order valence-electron chi connectivity index (χ2n) is 6.35. The van der Waals surface area contributed by atoms with E-state index in [0.29, 0.717) is 32.1 Å². The zero-order valence-corrected chi connectivity index (χ0v) is 12.8. The number of carbonyl (C=O) groups excluding carboxylic acids is 1. The molecule has 0 radical (unpaired) electrons. The minimum Gasteiger partial charge on any atom is -0.483 e. The molecule has 0 bridgehead atoms. The summed E-state index contributed by atoms with van der Waals surface area (Å²) in [5, 5.41) is 0. The van der Waals surface area contributed by atoms with E-state index in [1.807, 2.05) is 20.8 Å². The van der Waals surface area contributed by atoms with Crippen LogP contribution in [0.5, 0.6) is 0 Å². The van der Waals surface area contributed by atoms with Crippen molar-refractivity contribution in [3.05, 3.63) is 0 Å². The monoisotopic (exact) mass is 284 g/mol. The van der Waals surface area contributed by atoms with Gasteiger partial charge in [-0.3, -0.25) is 4.99 Å². The van der Waals surface area contributed by atoms with Crippen molar-refractivity contribution < 1.29 is 19.0 Å². The molecule has 6 nitrogen and oxygen atoms in total. The molecule has 1 saturated heterocycles. The first-order chi connectivity index (χ1) is 9.34. The van der Waals surface area contributed by atoms with Gasteiger partial charge in [0.15, 0.2) is 0 Å². The number of hydrogen-bond acceptors (Lipinski definition) is 5. The highest BCUT2D eigenvalue weighted by Gasteiger charge is 2.40. The molecule has 0 aromatic carbocycles. The Balaban J connectivity index is 1.87. The maximum atomic E-state index is 12.0. The van der Waals surface area contributed by atoms with Crippen molar-refractivity contribution in [3.63, 3.8) is 0 Å². The minimum atomic E-state index is -0.453. The maximum absolute atomic E-state index is 12.0. The molecule has 0 aromatic rings. The van der Waals surface area contributed by atoms with E-state index in [1.165, 1.54) is 0 Å². The Labute approximate surface area is 120 Å². The van der Waals surface area contributed by atoms with Crippen LogP contribution in [0.4, 0.5) is 4.79 Å². The quantitative estimate of drug-likeness (QED) is 0.681. The smallest absolute Gasteiger partial charge is 0.410 e. The number of ether oxygens (including phenoxy) is 3. The van der Waals surface area contributed by atoms with E-state index in [4.69, 9.17) is 14.2 Å². The van der Waals surface area contributed by atoms with Crippen molar-refractivity contribution >= 4 is 12.0 Å². The molecule has 1 fully saturated rings. The first-order valence-electron chi connectivity index (χ1n) is 7.03. The predicted molar refractivity (Wildman–Crippen MR) is 75.0 cm³/mol. The SMILES string of the molecule is COC1=NCC2(CCN(C(=O)OC(C)(C)C)CC2)OC1. The number of likely N-dealkylation sites (tertiary alicyclic amines) is 1. The predicted octanol–water partition coefficient (Wildman–Crippen LogP) is 1.83. The summed E-state index contributed by atoms with van der Waals surface area (Å²) in [6.07, 6.45) is 1.32. The number of methoxy groups -OCH3 is 1. The second kappa shape index (κ2) is 5.60. The highest BCUT2D eigenvalue weighted by Crippen LogP contribution is 2.29. The summed E-state index contributed by atoms with van der Waals surface area (Å²) in [5.74, 6) is 0.644. The average Bonchev–Trinajstić information content (AvgIpc) is 2.38. The van der Waals surface area contributed by atoms with Gasteiger partial charge in [0.05, 0.1) is 19.3 Å². The van der Waals surface area contributed by atoms with Gasteiger partial charge in [0.2, 0.25) is 5.90 Å². The zero-order valence-electron chi connectivity index (χ0n) is 12.8. The third kappa shape index (κ3) is 3.62. The van der Waals surface area contributed by atoms with Gasteiger partial charge >= 0.3 is 6.09 Å². The van der Waals surface area contributed by atoms with Crippen LogP contribution in [-0.2, 0) is 14.2 Å². The highest BCUT2D eigenvalue weighted by molar-refractivity contribution is 5.77. The maximum Gasteiger partial charge on any atom is 0.410 e. The molecule has 2 aliphatic rings. The van der Waals surface area contributed by atoms with Crippen LogP contribution in [0, 0.1) is 0 Å². The summed E-state index contributed by atoms with van der Waals surface area (Å²) in [7, 11) is 1.60. The molecule has 0 N–H and O–H groups in total. The van der Waals surface area contributed by atoms with Crippen LogP contribution in [0.3, 0.4) is 0 Å². The van der Waals surface area contributed by atoms with Crippen LogP contribution >= 0.6 is 0 Å². The van der Waals surface area contributed by atoms with Crippen LogP contribution < -0.4 is 0 Å². The molecule has 1 amide bonds. The van der Waals surface area contributed by atoms with E-state index < -0.39 is 5.60 Å². The molecule has 2 aliphatic heterocycles. The molecular formula is C14H24N2O4. The van der Waals surface area contributed by atoms with Gasteiger partial charge in [-0.2, -0.15) is 0 Å². The van der Waals surface area contributed by atoms with Gasteiger partial charge < -0.3 is 19.1 Å². The number of piperidine rings is 1. The Kier molecular flexibility index (Phi) is 4.22. The number of amides is 1. The van der Waals surface area contributed by atoms with E-state index in [2.05, 4.69) is 4.99 Å². The van der Waals surface area contributed by atoms with Crippen molar-refractivity contribution in [2.24, 2.45) is 4.99 Å². The molecule has 0 atom stereocenters. The lowest BCUT2D eigenvalue weighted by Gasteiger charge is -2.42. The highest BCUT2D eigenvalue weighted by atomic mass is 16.6. The topological polar surface area (TPSA) is 60.4 Å². The number of aliphatic imine (C=N–C) groups is 1. The molecule has 0 saturated carbocycles. The summed E-state index contributed by atoms with van der Waals surface area (Å²) in [6.45, 7) is 7.95. The standard InChI is InChI=1S/C14H24N2O4/c1-13(2,3)20-12(17)16-7-5-14(6-8-16)10-15-11(18-4)9-19-14/h5-10H2,1-4H3. The molecule has 0 unspecified atom stereocenters. The van der Waals surface area contributed by atoms with Gasteiger partial charge in [0, 0.05) is 13.1 Å². The van der Waals surface area contributed by atoms with E-state index in [1.54, 1.807) is 12.0 Å². The number of nitrogens with zero attached hydrogens (tertiary/aromatic N) is 2. The van der Waals surface area contributed by atoms with Gasteiger partial charge in [-0.25, -0.2) is 4.79 Å². The lowest BCUT2D eigenvalue weighted by molar-refractivity contribution is -0.0741. The molecule has 0 aromatic heterocycles. The molecule has 6 heteroatoms. The van der Waals surface area contributed by atoms with Crippen molar-refractivity contribution in [2.75, 3.05) is 33.4 Å². The average molecular weight is 284 g/mol. The molecule has 1 spiro atoms. The van der Waals surface area contributed by atoms with Crippen LogP contribution in [0.2, 0.25) is 0 Å². The summed E-state index contributed by atoms with van der Waals surface area (Å²) >= 11 is 0. The van der Waals surface area contributed by atoms with Gasteiger partial charge in [-0.1, -0.05) is 0 Å². The van der Waals surface area contributed by atoms with Crippen LogP contribution in [0.25, 0.3) is 0 Å². The third-order valence-electron chi connectivity index (χ3n) is 3.61. The lowest BCUT2D eigenvalue weighted by atomic mass is 9.90. The van der Waals surface area contributed by atoms with Crippen LogP contribution in [-0.4, -0.2) is 61.4 Å². The Morgan fingerprint density at radius 1 is 1.35 bits per heavy atom. The third-order valence-corrected chi connectivity index (χ3v) is 3.61. The van der Waals surface area contributed by atoms with Crippen LogP contribution in [0.1, 0.15) is 33.6 Å². The number of rotatable bonds is 0. The fourth-order valence-corrected chi connectivity index (χ4v) is 2.39. The molecule has 2 rings (SSSR count). The molecule has 114 valence electrons. The number of hydrogen-bond donors (Lipinski definition) is 0. The minimum absolute atomic E-state index is 0.236. The van der Waals surface area contributed by atoms with Gasteiger partial charge in [-0.15, -0.1) is 0 Å². The molecule has 20 heavy (non-hydrogen) atoms. The first kappa shape index (κ1) is 15.1. The van der Waals surface area contributed by atoms with E-state index in [9.17, 15) is 4.79 Å². The van der Waals surface area contributed by atoms with Crippen molar-refractivity contribution in [1.29, 1.82) is 0 Å². The summed E-state index contributed by atoms with van der Waals surface area (Å²) in [4.78, 5) is 18.1. The molecule has 2 heterocycles. The summed E-state index contributed by atoms with van der Waals surface area (Å²) < 4.78 is 16.4. The van der Waals surface area contributed by atoms with E-state index in [-0.39, 0.29) is 11.7 Å². The lowest BCUT2D eigenvalue weighted by Crippen LogP contribution is -2.52. The molecule has 0 aliphatic carbocycles. The van der Waals surface area contributed by atoms with Crippen LogP contribution in [0.15, 0.2) is 4.99 Å². The van der Waals surface area contributed by atoms with E-state index in [0.717, 1.165) is 12.8 Å².